The fourth-order valence-corrected chi connectivity index (χ4v) is 7.81. The Bertz CT molecular complexity index is 1280. The lowest BCUT2D eigenvalue weighted by Gasteiger charge is -2.33. The van der Waals surface area contributed by atoms with Gasteiger partial charge in [-0.1, -0.05) is 58.3 Å². The Balaban J connectivity index is 1.39. The standard InChI is InChI=1S/C26H35N5O2S2/c1-5-18(21(32)28-25-30-29-22(35-25)15-9-7-6-8-10-15)31-14-27-23-20(24(31)33)17-12-11-16(26(2,3)4)13-19(17)34-23/h14-16,18H,5-13H2,1-4H3,(H,28,30,32). The van der Waals surface area contributed by atoms with E-state index >= 15 is 0 Å². The lowest BCUT2D eigenvalue weighted by atomic mass is 9.72. The summed E-state index contributed by atoms with van der Waals surface area (Å²) in [5.74, 6) is 0.814. The minimum absolute atomic E-state index is 0.108. The maximum atomic E-state index is 13.6. The van der Waals surface area contributed by atoms with Gasteiger partial charge in [0.25, 0.3) is 5.56 Å². The van der Waals surface area contributed by atoms with E-state index in [2.05, 4.69) is 41.3 Å². The largest absolute Gasteiger partial charge is 0.299 e. The van der Waals surface area contributed by atoms with Crippen LogP contribution >= 0.6 is 22.7 Å². The predicted octanol–water partition coefficient (Wildman–Crippen LogP) is 6.10. The third-order valence-electron chi connectivity index (χ3n) is 7.87. The number of aromatic nitrogens is 4. The second-order valence-corrected chi connectivity index (χ2v) is 13.2. The number of hydrogen-bond donors (Lipinski definition) is 1. The Hall–Kier alpha value is -2.13. The molecule has 1 amide bonds. The molecule has 0 saturated heterocycles. The van der Waals surface area contributed by atoms with Crippen molar-refractivity contribution in [2.45, 2.75) is 97.4 Å². The van der Waals surface area contributed by atoms with Gasteiger partial charge in [0.1, 0.15) is 15.9 Å². The van der Waals surface area contributed by atoms with Gasteiger partial charge in [0, 0.05) is 10.8 Å². The molecule has 0 aliphatic heterocycles. The van der Waals surface area contributed by atoms with Gasteiger partial charge >= 0.3 is 0 Å². The molecule has 0 aromatic carbocycles. The molecule has 5 rings (SSSR count). The summed E-state index contributed by atoms with van der Waals surface area (Å²) in [7, 11) is 0. The van der Waals surface area contributed by atoms with E-state index in [9.17, 15) is 9.59 Å². The smallest absolute Gasteiger partial charge is 0.263 e. The summed E-state index contributed by atoms with van der Waals surface area (Å²) in [4.78, 5) is 33.6. The highest BCUT2D eigenvalue weighted by molar-refractivity contribution is 7.18. The first-order valence-corrected chi connectivity index (χ1v) is 14.5. The molecule has 3 aromatic heterocycles. The summed E-state index contributed by atoms with van der Waals surface area (Å²) < 4.78 is 1.52. The predicted molar refractivity (Wildman–Crippen MR) is 143 cm³/mol. The Morgan fingerprint density at radius 3 is 2.66 bits per heavy atom. The number of carbonyl (C=O) groups excluding carboxylic acids is 1. The lowest BCUT2D eigenvalue weighted by molar-refractivity contribution is -0.119. The van der Waals surface area contributed by atoms with Gasteiger partial charge in [-0.15, -0.1) is 21.5 Å². The minimum atomic E-state index is -0.636. The van der Waals surface area contributed by atoms with Gasteiger partial charge in [-0.2, -0.15) is 0 Å². The summed E-state index contributed by atoms with van der Waals surface area (Å²) in [6.07, 6.45) is 11.0. The van der Waals surface area contributed by atoms with E-state index in [1.807, 2.05) is 6.92 Å². The minimum Gasteiger partial charge on any atom is -0.299 e. The monoisotopic (exact) mass is 513 g/mol. The van der Waals surface area contributed by atoms with Crippen molar-refractivity contribution >= 4 is 43.9 Å². The molecule has 3 aromatic rings. The van der Waals surface area contributed by atoms with Crippen LogP contribution in [0.15, 0.2) is 11.1 Å². The number of nitrogens with zero attached hydrogens (tertiary/aromatic N) is 4. The highest BCUT2D eigenvalue weighted by Crippen LogP contribution is 2.42. The molecule has 7 nitrogen and oxygen atoms in total. The number of nitrogens with one attached hydrogen (secondary N) is 1. The molecule has 2 aliphatic rings. The van der Waals surface area contributed by atoms with E-state index in [-0.39, 0.29) is 16.9 Å². The van der Waals surface area contributed by atoms with Crippen molar-refractivity contribution in [3.8, 4) is 0 Å². The number of aryl methyl sites for hydroxylation is 1. The van der Waals surface area contributed by atoms with Crippen LogP contribution in [0.2, 0.25) is 0 Å². The molecule has 1 fully saturated rings. The summed E-state index contributed by atoms with van der Waals surface area (Å²) >= 11 is 3.11. The molecule has 9 heteroatoms. The molecule has 3 heterocycles. The van der Waals surface area contributed by atoms with Crippen LogP contribution in [0.25, 0.3) is 10.2 Å². The maximum Gasteiger partial charge on any atom is 0.263 e. The van der Waals surface area contributed by atoms with Crippen LogP contribution in [-0.2, 0) is 17.6 Å². The first kappa shape index (κ1) is 24.6. The summed E-state index contributed by atoms with van der Waals surface area (Å²) in [6, 6.07) is -0.636. The van der Waals surface area contributed by atoms with Crippen molar-refractivity contribution in [1.82, 2.24) is 19.7 Å². The number of hydrogen-bond acceptors (Lipinski definition) is 7. The molecule has 0 bridgehead atoms. The first-order valence-electron chi connectivity index (χ1n) is 12.9. The quantitative estimate of drug-likeness (QED) is 0.445. The van der Waals surface area contributed by atoms with E-state index in [1.54, 1.807) is 17.7 Å². The SMILES string of the molecule is CCC(C(=O)Nc1nnc(C2CCCCC2)s1)n1cnc2sc3c(c2c1=O)CCC(C(C)(C)C)C3. The molecule has 1 saturated carbocycles. The number of amides is 1. The van der Waals surface area contributed by atoms with Gasteiger partial charge in [0.2, 0.25) is 11.0 Å². The zero-order chi connectivity index (χ0) is 24.7. The normalized spacial score (nSPS) is 20.1. The fourth-order valence-electron chi connectivity index (χ4n) is 5.64. The summed E-state index contributed by atoms with van der Waals surface area (Å²) in [6.45, 7) is 8.80. The van der Waals surface area contributed by atoms with Crippen molar-refractivity contribution in [3.05, 3.63) is 32.1 Å². The Morgan fingerprint density at radius 1 is 1.17 bits per heavy atom. The van der Waals surface area contributed by atoms with Gasteiger partial charge in [-0.05, 0) is 55.4 Å². The average molecular weight is 514 g/mol. The van der Waals surface area contributed by atoms with E-state index in [1.165, 1.54) is 40.0 Å². The number of rotatable bonds is 5. The van der Waals surface area contributed by atoms with E-state index in [4.69, 9.17) is 0 Å². The van der Waals surface area contributed by atoms with Crippen LogP contribution < -0.4 is 10.9 Å². The molecule has 0 spiro atoms. The third kappa shape index (κ3) is 4.81. The number of thiophene rings is 1. The molecule has 2 atom stereocenters. The Morgan fingerprint density at radius 2 is 1.94 bits per heavy atom. The van der Waals surface area contributed by atoms with Crippen LogP contribution in [0.1, 0.15) is 100 Å². The van der Waals surface area contributed by atoms with Crippen LogP contribution in [-0.4, -0.2) is 25.7 Å². The Labute approximate surface area is 214 Å². The second-order valence-electron chi connectivity index (χ2n) is 11.1. The molecular weight excluding hydrogens is 478 g/mol. The van der Waals surface area contributed by atoms with Gasteiger partial charge in [-0.3, -0.25) is 19.5 Å². The van der Waals surface area contributed by atoms with Crippen molar-refractivity contribution < 1.29 is 4.79 Å². The number of fused-ring (bicyclic) bond motifs is 3. The van der Waals surface area contributed by atoms with Crippen LogP contribution in [0, 0.1) is 11.3 Å². The third-order valence-corrected chi connectivity index (χ3v) is 10.0. The molecule has 35 heavy (non-hydrogen) atoms. The number of anilines is 1. The molecular formula is C26H35N5O2S2. The first-order chi connectivity index (χ1) is 16.8. The van der Waals surface area contributed by atoms with Gasteiger partial charge in [0.15, 0.2) is 0 Å². The van der Waals surface area contributed by atoms with Gasteiger partial charge < -0.3 is 0 Å². The summed E-state index contributed by atoms with van der Waals surface area (Å²) in [5, 5.41) is 13.7. The van der Waals surface area contributed by atoms with Crippen molar-refractivity contribution in [2.24, 2.45) is 11.3 Å². The van der Waals surface area contributed by atoms with Crippen molar-refractivity contribution in [3.63, 3.8) is 0 Å². The van der Waals surface area contributed by atoms with E-state index < -0.39 is 6.04 Å². The molecule has 1 N–H and O–H groups in total. The molecule has 0 radical (unpaired) electrons. The van der Waals surface area contributed by atoms with E-state index in [0.29, 0.717) is 28.8 Å². The topological polar surface area (TPSA) is 89.8 Å². The van der Waals surface area contributed by atoms with Crippen LogP contribution in [0.5, 0.6) is 0 Å². The Kier molecular flexibility index (Phi) is 6.83. The lowest BCUT2D eigenvalue weighted by Crippen LogP contribution is -2.33. The fraction of sp³-hybridized carbons (Fsp3) is 0.654. The van der Waals surface area contributed by atoms with Crippen LogP contribution in [0.4, 0.5) is 5.13 Å². The van der Waals surface area contributed by atoms with Crippen molar-refractivity contribution in [1.29, 1.82) is 0 Å². The molecule has 2 aliphatic carbocycles. The maximum absolute atomic E-state index is 13.6. The van der Waals surface area contributed by atoms with Crippen molar-refractivity contribution in [2.75, 3.05) is 5.32 Å². The van der Waals surface area contributed by atoms with Gasteiger partial charge in [-0.25, -0.2) is 4.98 Å². The van der Waals surface area contributed by atoms with Gasteiger partial charge in [0.05, 0.1) is 11.7 Å². The zero-order valence-corrected chi connectivity index (χ0v) is 22.7. The summed E-state index contributed by atoms with van der Waals surface area (Å²) in [5.41, 5.74) is 1.28. The second kappa shape index (κ2) is 9.73. The molecule has 188 valence electrons. The highest BCUT2D eigenvalue weighted by Gasteiger charge is 2.32. The zero-order valence-electron chi connectivity index (χ0n) is 21.1. The highest BCUT2D eigenvalue weighted by atomic mass is 32.1. The average Bonchev–Trinajstić information content (AvgIpc) is 3.45. The molecule has 2 unspecified atom stereocenters. The number of carbonyl (C=O) groups is 1. The van der Waals surface area contributed by atoms with E-state index in [0.717, 1.165) is 47.5 Å². The van der Waals surface area contributed by atoms with Crippen LogP contribution in [0.3, 0.4) is 0 Å².